The predicted octanol–water partition coefficient (Wildman–Crippen LogP) is 20.4. The normalized spacial score (nSPS) is 14.1. The molecule has 0 aliphatic heterocycles. The second kappa shape index (κ2) is 63.1. The topological polar surface area (TPSA) is 237 Å². The number of carbonyl (C=O) groups is 4. The number of rotatable bonds is 70. The lowest BCUT2D eigenvalue weighted by Gasteiger charge is -2.21. The van der Waals surface area contributed by atoms with Crippen LogP contribution in [-0.2, 0) is 65.4 Å². The number of phosphoric ester groups is 2. The monoisotopic (exact) mass is 1320 g/mol. The summed E-state index contributed by atoms with van der Waals surface area (Å²) in [5, 5.41) is 10.6. The van der Waals surface area contributed by atoms with Crippen LogP contribution in [0.15, 0.2) is 0 Å². The molecule has 0 aliphatic rings. The summed E-state index contributed by atoms with van der Waals surface area (Å²) in [6.07, 6.45) is 48.6. The Hall–Kier alpha value is -1.94. The molecular weight excluding hydrogens is 1190 g/mol. The van der Waals surface area contributed by atoms with Crippen molar-refractivity contribution in [2.75, 3.05) is 39.6 Å². The van der Waals surface area contributed by atoms with Crippen LogP contribution in [0.5, 0.6) is 0 Å². The number of hydrogen-bond acceptors (Lipinski definition) is 15. The van der Waals surface area contributed by atoms with Gasteiger partial charge in [-0.3, -0.25) is 37.3 Å². The first-order chi connectivity index (χ1) is 43.4. The number of aliphatic hydroxyl groups is 1. The van der Waals surface area contributed by atoms with E-state index >= 15 is 0 Å². The largest absolute Gasteiger partial charge is 0.472 e. The molecule has 0 fully saturated rings. The van der Waals surface area contributed by atoms with Gasteiger partial charge in [0, 0.05) is 25.7 Å². The van der Waals surface area contributed by atoms with Crippen molar-refractivity contribution in [2.24, 2.45) is 11.8 Å². The molecule has 0 saturated heterocycles. The van der Waals surface area contributed by atoms with Crippen LogP contribution in [0.3, 0.4) is 0 Å². The first kappa shape index (κ1) is 88.1. The van der Waals surface area contributed by atoms with Crippen molar-refractivity contribution < 1.29 is 80.2 Å². The van der Waals surface area contributed by atoms with Gasteiger partial charge in [-0.2, -0.15) is 0 Å². The van der Waals surface area contributed by atoms with Gasteiger partial charge in [0.25, 0.3) is 0 Å². The number of aliphatic hydroxyl groups excluding tert-OH is 1. The minimum atomic E-state index is -4.95. The minimum Gasteiger partial charge on any atom is -0.462 e. The minimum absolute atomic E-state index is 0.104. The highest BCUT2D eigenvalue weighted by Crippen LogP contribution is 2.45. The molecule has 0 spiro atoms. The number of hydrogen-bond donors (Lipinski definition) is 3. The zero-order chi connectivity index (χ0) is 66.5. The lowest BCUT2D eigenvalue weighted by molar-refractivity contribution is -0.161. The van der Waals surface area contributed by atoms with E-state index in [1.807, 2.05) is 0 Å². The molecule has 0 aromatic carbocycles. The first-order valence-electron chi connectivity index (χ1n) is 37.0. The fourth-order valence-electron chi connectivity index (χ4n) is 10.8. The van der Waals surface area contributed by atoms with Crippen LogP contribution in [-0.4, -0.2) is 96.7 Å². The molecule has 17 nitrogen and oxygen atoms in total. The van der Waals surface area contributed by atoms with Gasteiger partial charge < -0.3 is 33.8 Å². The first-order valence-corrected chi connectivity index (χ1v) is 40.0. The van der Waals surface area contributed by atoms with Gasteiger partial charge in [0.1, 0.15) is 19.3 Å². The van der Waals surface area contributed by atoms with Gasteiger partial charge in [-0.15, -0.1) is 0 Å². The van der Waals surface area contributed by atoms with Crippen LogP contribution < -0.4 is 0 Å². The van der Waals surface area contributed by atoms with Crippen molar-refractivity contribution in [3.8, 4) is 0 Å². The number of esters is 4. The highest BCUT2D eigenvalue weighted by atomic mass is 31.2. The molecule has 0 heterocycles. The van der Waals surface area contributed by atoms with Gasteiger partial charge in [-0.1, -0.05) is 311 Å². The molecule has 0 aromatic heterocycles. The van der Waals surface area contributed by atoms with Crippen LogP contribution in [0.2, 0.25) is 0 Å². The average Bonchev–Trinajstić information content (AvgIpc) is 3.61. The maximum atomic E-state index is 13.0. The smallest absolute Gasteiger partial charge is 0.462 e. The van der Waals surface area contributed by atoms with E-state index in [0.717, 1.165) is 95.8 Å². The van der Waals surface area contributed by atoms with E-state index in [1.165, 1.54) is 180 Å². The van der Waals surface area contributed by atoms with Gasteiger partial charge >= 0.3 is 39.5 Å². The molecule has 0 amide bonds. The van der Waals surface area contributed by atoms with E-state index in [2.05, 4.69) is 41.5 Å². The Kier molecular flexibility index (Phi) is 61.8. The zero-order valence-electron chi connectivity index (χ0n) is 58.4. The lowest BCUT2D eigenvalue weighted by atomic mass is 10.0. The van der Waals surface area contributed by atoms with Crippen LogP contribution in [0.1, 0.15) is 363 Å². The quantitative estimate of drug-likeness (QED) is 0.0222. The highest BCUT2D eigenvalue weighted by Gasteiger charge is 2.30. The molecular formula is C71H138O17P2. The summed E-state index contributed by atoms with van der Waals surface area (Å²) in [4.78, 5) is 72.5. The van der Waals surface area contributed by atoms with Crippen molar-refractivity contribution in [1.82, 2.24) is 0 Å². The van der Waals surface area contributed by atoms with Crippen LogP contribution in [0.25, 0.3) is 0 Å². The Labute approximate surface area is 549 Å². The fraction of sp³-hybridized carbons (Fsp3) is 0.944. The number of phosphoric acid groups is 2. The summed E-state index contributed by atoms with van der Waals surface area (Å²) in [6.45, 7) is 9.50. The molecule has 3 N–H and O–H groups in total. The number of ether oxygens (including phenoxy) is 4. The van der Waals surface area contributed by atoms with Gasteiger partial charge in [0.05, 0.1) is 26.4 Å². The Morgan fingerprint density at radius 1 is 0.300 bits per heavy atom. The van der Waals surface area contributed by atoms with Crippen molar-refractivity contribution in [1.29, 1.82) is 0 Å². The Morgan fingerprint density at radius 2 is 0.511 bits per heavy atom. The van der Waals surface area contributed by atoms with Gasteiger partial charge in [-0.25, -0.2) is 9.13 Å². The molecule has 2 unspecified atom stereocenters. The molecule has 0 radical (unpaired) electrons. The van der Waals surface area contributed by atoms with E-state index in [-0.39, 0.29) is 25.7 Å². The van der Waals surface area contributed by atoms with E-state index in [4.69, 9.17) is 37.0 Å². The summed E-state index contributed by atoms with van der Waals surface area (Å²) < 4.78 is 68.3. The summed E-state index contributed by atoms with van der Waals surface area (Å²) in [5.74, 6) is -0.651. The molecule has 0 aromatic rings. The summed E-state index contributed by atoms with van der Waals surface area (Å²) >= 11 is 0. The number of unbranched alkanes of at least 4 members (excludes halogenated alkanes) is 40. The predicted molar refractivity (Wildman–Crippen MR) is 363 cm³/mol. The van der Waals surface area contributed by atoms with E-state index < -0.39 is 97.5 Å². The maximum absolute atomic E-state index is 13.0. The molecule has 0 saturated carbocycles. The fourth-order valence-corrected chi connectivity index (χ4v) is 12.3. The third kappa shape index (κ3) is 64.8. The highest BCUT2D eigenvalue weighted by molar-refractivity contribution is 7.47. The zero-order valence-corrected chi connectivity index (χ0v) is 60.2. The molecule has 19 heteroatoms. The second-order valence-corrected chi connectivity index (χ2v) is 29.5. The van der Waals surface area contributed by atoms with E-state index in [0.29, 0.717) is 31.6 Å². The van der Waals surface area contributed by atoms with Gasteiger partial charge in [-0.05, 0) is 37.5 Å². The third-order valence-corrected chi connectivity index (χ3v) is 18.4. The van der Waals surface area contributed by atoms with Crippen molar-refractivity contribution in [3.05, 3.63) is 0 Å². The van der Waals surface area contributed by atoms with Crippen molar-refractivity contribution in [2.45, 2.75) is 381 Å². The molecule has 0 aliphatic carbocycles. The maximum Gasteiger partial charge on any atom is 0.472 e. The number of carbonyl (C=O) groups excluding carboxylic acids is 4. The van der Waals surface area contributed by atoms with E-state index in [9.17, 15) is 43.2 Å². The van der Waals surface area contributed by atoms with Gasteiger partial charge in [0.2, 0.25) is 0 Å². The van der Waals surface area contributed by atoms with Crippen molar-refractivity contribution in [3.63, 3.8) is 0 Å². The summed E-state index contributed by atoms with van der Waals surface area (Å²) in [5.41, 5.74) is 0. The molecule has 0 bridgehead atoms. The second-order valence-electron chi connectivity index (χ2n) is 26.6. The lowest BCUT2D eigenvalue weighted by Crippen LogP contribution is -2.30. The van der Waals surface area contributed by atoms with Crippen molar-refractivity contribution >= 4 is 39.5 Å². The molecule has 5 atom stereocenters. The third-order valence-electron chi connectivity index (χ3n) is 16.5. The van der Waals surface area contributed by atoms with Crippen LogP contribution in [0.4, 0.5) is 0 Å². The SMILES string of the molecule is CCCCCCCCCCCCCCCCCC(=O)OC[C@H](COP(=O)(O)OC[C@@H](O)COP(=O)(O)OC[C@@H](COC(=O)CCCCCCCCCCCC)OC(=O)CCCCCCCCCC(C)C)OC(=O)CCCCCCCCCCCCCCC(C)C. The Morgan fingerprint density at radius 3 is 0.756 bits per heavy atom. The molecule has 534 valence electrons. The summed E-state index contributed by atoms with van der Waals surface area (Å²) in [7, 11) is -9.90. The van der Waals surface area contributed by atoms with Crippen LogP contribution in [0, 0.1) is 11.8 Å². The average molecular weight is 1330 g/mol. The summed E-state index contributed by atoms with van der Waals surface area (Å²) in [6, 6.07) is 0. The Bertz CT molecular complexity index is 1750. The van der Waals surface area contributed by atoms with E-state index in [1.54, 1.807) is 0 Å². The molecule has 90 heavy (non-hydrogen) atoms. The standard InChI is InChI=1S/C71H138O17P2/c1-7-9-11-13-15-17-19-20-21-22-26-30-36-42-48-54-69(74)82-59-66(87-70(75)55-49-43-37-31-27-24-23-25-28-33-39-45-51-63(3)4)61-85-89(77,78)83-57-65(72)58-84-90(79,80)86-62-67(88-71(76)56-50-44-38-32-34-40-46-52-64(5)6)60-81-68(73)53-47-41-35-29-18-16-14-12-10-8-2/h63-67,72H,7-62H2,1-6H3,(H,77,78)(H,79,80)/t65-,66-,67-/m1/s1. The Balaban J connectivity index is 5.23. The molecule has 0 rings (SSSR count). The van der Waals surface area contributed by atoms with Gasteiger partial charge in [0.15, 0.2) is 12.2 Å². The van der Waals surface area contributed by atoms with Crippen LogP contribution >= 0.6 is 15.6 Å².